The molecule has 2 amide bonds. The molecule has 1 saturated carbocycles. The molecule has 1 aromatic heterocycles. The molecular weight excluding hydrogens is 390 g/mol. The van der Waals surface area contributed by atoms with E-state index >= 15 is 0 Å². The Morgan fingerprint density at radius 1 is 1.26 bits per heavy atom. The van der Waals surface area contributed by atoms with E-state index in [1.54, 1.807) is 11.7 Å². The molecule has 2 aliphatic rings. The van der Waals surface area contributed by atoms with Gasteiger partial charge in [0.15, 0.2) is 0 Å². The Bertz CT molecular complexity index is 809. The molecule has 0 radical (unpaired) electrons. The van der Waals surface area contributed by atoms with Crippen LogP contribution in [0.25, 0.3) is 0 Å². The number of likely N-dealkylation sites (tertiary alicyclic amines) is 1. The van der Waals surface area contributed by atoms with Gasteiger partial charge in [0.1, 0.15) is 11.7 Å². The van der Waals surface area contributed by atoms with Crippen molar-refractivity contribution in [3.63, 3.8) is 0 Å². The van der Waals surface area contributed by atoms with Crippen LogP contribution in [0.1, 0.15) is 83.4 Å². The molecule has 2 unspecified atom stereocenters. The molecule has 0 bridgehead atoms. The van der Waals surface area contributed by atoms with Gasteiger partial charge in [-0.15, -0.1) is 0 Å². The van der Waals surface area contributed by atoms with E-state index in [1.807, 2.05) is 11.0 Å². The highest BCUT2D eigenvalue weighted by atomic mass is 16.2. The maximum Gasteiger partial charge on any atom is 0.270 e. The number of hydrogen-bond donors (Lipinski definition) is 1. The summed E-state index contributed by atoms with van der Waals surface area (Å²) in [6, 6.07) is 2.79. The number of amides is 2. The summed E-state index contributed by atoms with van der Waals surface area (Å²) in [6.07, 6.45) is 3.94. The van der Waals surface area contributed by atoms with E-state index < -0.39 is 6.04 Å². The molecule has 0 spiro atoms. The number of aromatic nitrogens is 2. The first-order valence-corrected chi connectivity index (χ1v) is 11.8. The molecule has 1 saturated heterocycles. The van der Waals surface area contributed by atoms with E-state index in [1.165, 1.54) is 0 Å². The Labute approximate surface area is 187 Å². The van der Waals surface area contributed by atoms with Crippen molar-refractivity contribution in [2.45, 2.75) is 96.8 Å². The topological polar surface area (TPSA) is 70.5 Å². The molecule has 2 fully saturated rings. The fourth-order valence-electron chi connectivity index (χ4n) is 5.05. The first-order chi connectivity index (χ1) is 14.4. The number of hydrogen-bond acceptors (Lipinski definition) is 4. The van der Waals surface area contributed by atoms with Crippen LogP contribution in [0.2, 0.25) is 0 Å². The minimum atomic E-state index is -0.441. The van der Waals surface area contributed by atoms with Crippen molar-refractivity contribution in [3.8, 4) is 0 Å². The van der Waals surface area contributed by atoms with Crippen LogP contribution >= 0.6 is 0 Å². The van der Waals surface area contributed by atoms with Crippen molar-refractivity contribution in [1.29, 1.82) is 0 Å². The first kappa shape index (κ1) is 23.8. The monoisotopic (exact) mass is 431 g/mol. The van der Waals surface area contributed by atoms with Gasteiger partial charge in [0, 0.05) is 37.1 Å². The molecule has 3 rings (SSSR count). The Kier molecular flexibility index (Phi) is 6.84. The van der Waals surface area contributed by atoms with Crippen LogP contribution in [0.5, 0.6) is 0 Å². The molecule has 1 N–H and O–H groups in total. The molecule has 1 aliphatic carbocycles. The van der Waals surface area contributed by atoms with Crippen molar-refractivity contribution in [2.24, 2.45) is 13.0 Å². The van der Waals surface area contributed by atoms with Gasteiger partial charge in [-0.05, 0) is 58.6 Å². The molecule has 2 heterocycles. The van der Waals surface area contributed by atoms with Crippen LogP contribution < -0.4 is 5.32 Å². The van der Waals surface area contributed by atoms with Gasteiger partial charge in [0.2, 0.25) is 5.91 Å². The zero-order valence-corrected chi connectivity index (χ0v) is 20.6. The SMILES string of the molecule is CC(C)N(C)C1CC[C@H](N2CCC(NC(=O)c3cc(C(C)(C)C)nn3C)C2=O)[C@H](C)C1. The maximum absolute atomic E-state index is 13.2. The summed E-state index contributed by atoms with van der Waals surface area (Å²) in [6.45, 7) is 13.7. The number of nitrogens with one attached hydrogen (secondary N) is 1. The standard InChI is InChI=1S/C24H41N5O2/c1-15(2)27(7)17-9-10-19(16(3)13-17)29-12-11-18(23(29)31)25-22(30)20-14-21(24(4,5)6)26-28(20)8/h14-19H,9-13H2,1-8H3,(H,25,30)/t16-,17?,18?,19+/m1/s1. The fourth-order valence-corrected chi connectivity index (χ4v) is 5.05. The molecule has 0 aromatic carbocycles. The molecule has 174 valence electrons. The lowest BCUT2D eigenvalue weighted by molar-refractivity contribution is -0.133. The van der Waals surface area contributed by atoms with Crippen LogP contribution in [0.4, 0.5) is 0 Å². The summed E-state index contributed by atoms with van der Waals surface area (Å²) in [5, 5.41) is 7.46. The Balaban J connectivity index is 1.62. The summed E-state index contributed by atoms with van der Waals surface area (Å²) in [5.41, 5.74) is 1.24. The van der Waals surface area contributed by atoms with E-state index in [9.17, 15) is 9.59 Å². The van der Waals surface area contributed by atoms with Gasteiger partial charge in [-0.3, -0.25) is 14.3 Å². The van der Waals surface area contributed by atoms with Crippen LogP contribution in [-0.2, 0) is 17.3 Å². The second-order valence-corrected chi connectivity index (χ2v) is 10.9. The summed E-state index contributed by atoms with van der Waals surface area (Å²) in [7, 11) is 3.99. The Morgan fingerprint density at radius 3 is 2.48 bits per heavy atom. The highest BCUT2D eigenvalue weighted by Gasteiger charge is 2.41. The van der Waals surface area contributed by atoms with Crippen LogP contribution in [0.15, 0.2) is 6.07 Å². The lowest BCUT2D eigenvalue weighted by atomic mass is 9.81. The molecule has 1 aromatic rings. The smallest absolute Gasteiger partial charge is 0.270 e. The molecule has 7 nitrogen and oxygen atoms in total. The summed E-state index contributed by atoms with van der Waals surface area (Å²) in [4.78, 5) is 30.5. The number of carbonyl (C=O) groups excluding carboxylic acids is 2. The molecule has 1 aliphatic heterocycles. The third kappa shape index (κ3) is 4.97. The van der Waals surface area contributed by atoms with Crippen molar-refractivity contribution in [1.82, 2.24) is 24.9 Å². The van der Waals surface area contributed by atoms with Crippen LogP contribution in [0, 0.1) is 5.92 Å². The first-order valence-electron chi connectivity index (χ1n) is 11.8. The van der Waals surface area contributed by atoms with Gasteiger partial charge < -0.3 is 15.1 Å². The minimum absolute atomic E-state index is 0.0686. The Hall–Kier alpha value is -1.89. The zero-order chi connectivity index (χ0) is 23.1. The van der Waals surface area contributed by atoms with E-state index in [0.717, 1.165) is 31.5 Å². The quantitative estimate of drug-likeness (QED) is 0.778. The van der Waals surface area contributed by atoms with Crippen LogP contribution in [0.3, 0.4) is 0 Å². The number of nitrogens with zero attached hydrogens (tertiary/aromatic N) is 4. The van der Waals surface area contributed by atoms with E-state index in [4.69, 9.17) is 0 Å². The summed E-state index contributed by atoms with van der Waals surface area (Å²) < 4.78 is 1.61. The highest BCUT2D eigenvalue weighted by molar-refractivity contribution is 5.97. The largest absolute Gasteiger partial charge is 0.339 e. The molecular formula is C24H41N5O2. The molecule has 31 heavy (non-hydrogen) atoms. The second-order valence-electron chi connectivity index (χ2n) is 10.9. The molecule has 4 atom stereocenters. The second kappa shape index (κ2) is 8.93. The summed E-state index contributed by atoms with van der Waals surface area (Å²) in [5.74, 6) is 0.310. The van der Waals surface area contributed by atoms with Gasteiger partial charge in [0.25, 0.3) is 5.91 Å². The van der Waals surface area contributed by atoms with E-state index in [2.05, 4.69) is 63.9 Å². The van der Waals surface area contributed by atoms with Crippen molar-refractivity contribution in [2.75, 3.05) is 13.6 Å². The van der Waals surface area contributed by atoms with Gasteiger partial charge in [-0.25, -0.2) is 0 Å². The van der Waals surface area contributed by atoms with Crippen molar-refractivity contribution < 1.29 is 9.59 Å². The lowest BCUT2D eigenvalue weighted by Gasteiger charge is -2.43. The van der Waals surface area contributed by atoms with Gasteiger partial charge >= 0.3 is 0 Å². The summed E-state index contributed by atoms with van der Waals surface area (Å²) >= 11 is 0. The lowest BCUT2D eigenvalue weighted by Crippen LogP contribution is -2.51. The predicted octanol–water partition coefficient (Wildman–Crippen LogP) is 2.95. The van der Waals surface area contributed by atoms with Gasteiger partial charge in [0.05, 0.1) is 5.69 Å². The van der Waals surface area contributed by atoms with Gasteiger partial charge in [-0.1, -0.05) is 27.7 Å². The fraction of sp³-hybridized carbons (Fsp3) is 0.792. The van der Waals surface area contributed by atoms with E-state index in [-0.39, 0.29) is 23.3 Å². The number of rotatable bonds is 5. The zero-order valence-electron chi connectivity index (χ0n) is 20.6. The number of carbonyl (C=O) groups is 2. The Morgan fingerprint density at radius 2 is 1.94 bits per heavy atom. The minimum Gasteiger partial charge on any atom is -0.339 e. The van der Waals surface area contributed by atoms with Crippen molar-refractivity contribution in [3.05, 3.63) is 17.5 Å². The third-order valence-corrected chi connectivity index (χ3v) is 7.31. The maximum atomic E-state index is 13.2. The average molecular weight is 432 g/mol. The van der Waals surface area contributed by atoms with E-state index in [0.29, 0.717) is 30.1 Å². The number of aryl methyl sites for hydroxylation is 1. The normalized spacial score (nSPS) is 27.4. The highest BCUT2D eigenvalue weighted by Crippen LogP contribution is 2.33. The van der Waals surface area contributed by atoms with Crippen LogP contribution in [-0.4, -0.2) is 69.2 Å². The predicted molar refractivity (Wildman–Crippen MR) is 123 cm³/mol. The van der Waals surface area contributed by atoms with Crippen molar-refractivity contribution >= 4 is 11.8 Å². The molecule has 7 heteroatoms. The average Bonchev–Trinajstić information content (AvgIpc) is 3.24. The van der Waals surface area contributed by atoms with Gasteiger partial charge in [-0.2, -0.15) is 5.10 Å². The third-order valence-electron chi connectivity index (χ3n) is 7.31.